The largest absolute Gasteiger partial charge is 0.328 e. The molecule has 1 aromatic carbocycles. The minimum Gasteiger partial charge on any atom is -0.328 e. The smallest absolute Gasteiger partial charge is 0.255 e. The predicted molar refractivity (Wildman–Crippen MR) is 99.9 cm³/mol. The monoisotopic (exact) mass is 388 g/mol. The van der Waals surface area contributed by atoms with E-state index in [1.54, 1.807) is 4.90 Å². The molecule has 0 radical (unpaired) electrons. The number of nitrogens with one attached hydrogen (secondary N) is 2. The number of rotatable bonds is 5. The first-order chi connectivity index (χ1) is 13.4. The molecule has 0 bridgehead atoms. The van der Waals surface area contributed by atoms with Crippen molar-refractivity contribution in [3.8, 4) is 0 Å². The second-order valence-electron chi connectivity index (χ2n) is 8.07. The number of carbonyl (C=O) groups is 3. The van der Waals surface area contributed by atoms with Gasteiger partial charge in [-0.1, -0.05) is 12.1 Å². The van der Waals surface area contributed by atoms with E-state index in [-0.39, 0.29) is 30.8 Å². The molecule has 7 nitrogen and oxygen atoms in total. The molecule has 0 spiro atoms. The highest BCUT2D eigenvalue weighted by Crippen LogP contribution is 2.33. The lowest BCUT2D eigenvalue weighted by atomic mass is 10.0. The summed E-state index contributed by atoms with van der Waals surface area (Å²) in [4.78, 5) is 37.8. The fourth-order valence-corrected chi connectivity index (χ4v) is 4.41. The molecular formula is C20H25FN4O3. The molecular weight excluding hydrogens is 363 g/mol. The number of amides is 3. The molecule has 0 aromatic heterocycles. The summed E-state index contributed by atoms with van der Waals surface area (Å²) >= 11 is 0. The van der Waals surface area contributed by atoms with E-state index in [2.05, 4.69) is 10.6 Å². The molecule has 3 aliphatic rings. The van der Waals surface area contributed by atoms with E-state index in [1.165, 1.54) is 0 Å². The Morgan fingerprint density at radius 3 is 2.82 bits per heavy atom. The summed E-state index contributed by atoms with van der Waals surface area (Å²) in [6.45, 7) is 0.969. The summed E-state index contributed by atoms with van der Waals surface area (Å²) in [6.07, 6.45) is 2.24. The van der Waals surface area contributed by atoms with Crippen molar-refractivity contribution < 1.29 is 18.8 Å². The van der Waals surface area contributed by atoms with Crippen molar-refractivity contribution in [1.82, 2.24) is 15.5 Å². The highest BCUT2D eigenvalue weighted by molar-refractivity contribution is 6.05. The van der Waals surface area contributed by atoms with Gasteiger partial charge in [0, 0.05) is 37.7 Å². The van der Waals surface area contributed by atoms with Crippen molar-refractivity contribution in [2.45, 2.75) is 62.9 Å². The van der Waals surface area contributed by atoms with Crippen LogP contribution in [0.3, 0.4) is 0 Å². The molecule has 1 aromatic rings. The third-order valence-electron chi connectivity index (χ3n) is 6.11. The summed E-state index contributed by atoms with van der Waals surface area (Å²) in [6, 6.07) is 5.18. The topological polar surface area (TPSA) is 105 Å². The number of nitrogens with two attached hydrogens (primary N) is 1. The third kappa shape index (κ3) is 3.54. The summed E-state index contributed by atoms with van der Waals surface area (Å²) in [5.41, 5.74) is 6.66. The van der Waals surface area contributed by atoms with Crippen molar-refractivity contribution in [1.29, 1.82) is 0 Å². The number of imide groups is 1. The normalized spacial score (nSPS) is 29.9. The Kier molecular flexibility index (Phi) is 4.93. The van der Waals surface area contributed by atoms with Gasteiger partial charge in [-0.25, -0.2) is 4.39 Å². The van der Waals surface area contributed by atoms with Gasteiger partial charge in [-0.2, -0.15) is 0 Å². The lowest BCUT2D eigenvalue weighted by Gasteiger charge is -2.29. The zero-order valence-corrected chi connectivity index (χ0v) is 15.7. The zero-order valence-electron chi connectivity index (χ0n) is 15.7. The van der Waals surface area contributed by atoms with Crippen LogP contribution in [0.5, 0.6) is 0 Å². The van der Waals surface area contributed by atoms with Gasteiger partial charge in [-0.05, 0) is 42.9 Å². The Bertz CT molecular complexity index is 830. The minimum absolute atomic E-state index is 0.0503. The van der Waals surface area contributed by atoms with Crippen LogP contribution in [0.2, 0.25) is 0 Å². The molecule has 150 valence electrons. The maximum atomic E-state index is 14.3. The maximum absolute atomic E-state index is 14.3. The highest BCUT2D eigenvalue weighted by atomic mass is 19.1. The third-order valence-corrected chi connectivity index (χ3v) is 6.11. The summed E-state index contributed by atoms with van der Waals surface area (Å²) in [5, 5.41) is 5.66. The van der Waals surface area contributed by atoms with Gasteiger partial charge >= 0.3 is 0 Å². The van der Waals surface area contributed by atoms with Crippen molar-refractivity contribution in [2.24, 2.45) is 5.73 Å². The average Bonchev–Trinajstić information content (AvgIpc) is 3.21. The number of nitrogens with zero attached hydrogens (tertiary/aromatic N) is 1. The van der Waals surface area contributed by atoms with Crippen LogP contribution in [-0.2, 0) is 22.7 Å². The molecule has 4 N–H and O–H groups in total. The standard InChI is InChI=1S/C20H25FN4O3/c21-20(11-22)6-5-14(8-20)23-9-12-1-2-13-10-25(19(28)15(13)7-12)16-3-4-17(26)24-18(16)27/h1-2,7,14,16,23H,3-6,8-11,22H2,(H,24,26,27)/t14-,16?,20+/m0/s1. The summed E-state index contributed by atoms with van der Waals surface area (Å²) in [7, 11) is 0. The van der Waals surface area contributed by atoms with E-state index in [0.29, 0.717) is 37.9 Å². The lowest BCUT2D eigenvalue weighted by Crippen LogP contribution is -2.52. The van der Waals surface area contributed by atoms with Gasteiger partial charge in [0.05, 0.1) is 0 Å². The highest BCUT2D eigenvalue weighted by Gasteiger charge is 2.40. The number of alkyl halides is 1. The van der Waals surface area contributed by atoms with Gasteiger partial charge in [0.1, 0.15) is 11.7 Å². The predicted octanol–water partition coefficient (Wildman–Crippen LogP) is 0.757. The van der Waals surface area contributed by atoms with Crippen molar-refractivity contribution in [3.05, 3.63) is 34.9 Å². The number of benzene rings is 1. The van der Waals surface area contributed by atoms with E-state index in [9.17, 15) is 18.8 Å². The van der Waals surface area contributed by atoms with Crippen molar-refractivity contribution >= 4 is 17.7 Å². The average molecular weight is 388 g/mol. The molecule has 3 amide bonds. The Morgan fingerprint density at radius 2 is 2.11 bits per heavy atom. The molecule has 2 aliphatic heterocycles. The van der Waals surface area contributed by atoms with Crippen LogP contribution >= 0.6 is 0 Å². The number of fused-ring (bicyclic) bond motifs is 1. The number of piperidine rings is 1. The maximum Gasteiger partial charge on any atom is 0.255 e. The quantitative estimate of drug-likeness (QED) is 0.646. The number of carbonyl (C=O) groups excluding carboxylic acids is 3. The Balaban J connectivity index is 1.40. The summed E-state index contributed by atoms with van der Waals surface area (Å²) < 4.78 is 14.3. The number of hydrogen-bond acceptors (Lipinski definition) is 5. The van der Waals surface area contributed by atoms with Gasteiger partial charge in [-0.3, -0.25) is 19.7 Å². The Hall–Kier alpha value is -2.32. The van der Waals surface area contributed by atoms with Crippen molar-refractivity contribution in [3.63, 3.8) is 0 Å². The summed E-state index contributed by atoms with van der Waals surface area (Å²) in [5.74, 6) is -0.883. The zero-order chi connectivity index (χ0) is 19.9. The van der Waals surface area contributed by atoms with E-state index in [4.69, 9.17) is 5.73 Å². The van der Waals surface area contributed by atoms with Gasteiger partial charge in [-0.15, -0.1) is 0 Å². The fourth-order valence-electron chi connectivity index (χ4n) is 4.41. The van der Waals surface area contributed by atoms with Crippen LogP contribution in [0.4, 0.5) is 4.39 Å². The molecule has 1 unspecified atom stereocenters. The molecule has 4 rings (SSSR count). The van der Waals surface area contributed by atoms with Crippen LogP contribution in [-0.4, -0.2) is 46.9 Å². The molecule has 1 aliphatic carbocycles. The molecule has 2 heterocycles. The Labute approximate surface area is 162 Å². The second kappa shape index (κ2) is 7.25. The molecule has 1 saturated heterocycles. The first-order valence-electron chi connectivity index (χ1n) is 9.77. The minimum atomic E-state index is -1.27. The number of halogens is 1. The van der Waals surface area contributed by atoms with Crippen LogP contribution in [0, 0.1) is 0 Å². The van der Waals surface area contributed by atoms with Crippen molar-refractivity contribution in [2.75, 3.05) is 6.54 Å². The lowest BCUT2D eigenvalue weighted by molar-refractivity contribution is -0.136. The first-order valence-corrected chi connectivity index (χ1v) is 9.77. The molecule has 1 saturated carbocycles. The fraction of sp³-hybridized carbons (Fsp3) is 0.550. The Morgan fingerprint density at radius 1 is 1.29 bits per heavy atom. The van der Waals surface area contributed by atoms with Crippen LogP contribution in [0.15, 0.2) is 18.2 Å². The van der Waals surface area contributed by atoms with Gasteiger partial charge in [0.15, 0.2) is 0 Å². The molecule has 3 atom stereocenters. The molecule has 28 heavy (non-hydrogen) atoms. The van der Waals surface area contributed by atoms with E-state index in [0.717, 1.165) is 17.5 Å². The SMILES string of the molecule is NC[C@@]1(F)CC[C@H](NCc2ccc3c(c2)C(=O)N(C2CCC(=O)NC2=O)C3)C1. The molecule has 8 heteroatoms. The van der Waals surface area contributed by atoms with Crippen LogP contribution in [0.1, 0.15) is 53.6 Å². The van der Waals surface area contributed by atoms with Gasteiger partial charge in [0.25, 0.3) is 5.91 Å². The van der Waals surface area contributed by atoms with Crippen LogP contribution in [0.25, 0.3) is 0 Å². The molecule has 2 fully saturated rings. The number of hydrogen-bond donors (Lipinski definition) is 3. The first kappa shape index (κ1) is 19.0. The van der Waals surface area contributed by atoms with E-state index >= 15 is 0 Å². The van der Waals surface area contributed by atoms with E-state index < -0.39 is 17.6 Å². The van der Waals surface area contributed by atoms with Gasteiger partial charge < -0.3 is 16.0 Å². The van der Waals surface area contributed by atoms with Crippen LogP contribution < -0.4 is 16.4 Å². The second-order valence-corrected chi connectivity index (χ2v) is 8.07. The van der Waals surface area contributed by atoms with E-state index in [1.807, 2.05) is 18.2 Å². The van der Waals surface area contributed by atoms with Gasteiger partial charge in [0.2, 0.25) is 11.8 Å².